The summed E-state index contributed by atoms with van der Waals surface area (Å²) in [5.74, 6) is 1.15. The van der Waals surface area contributed by atoms with Crippen LogP contribution in [0.5, 0.6) is 0 Å². The molecule has 2 rings (SSSR count). The highest BCUT2D eigenvalue weighted by Crippen LogP contribution is 2.22. The van der Waals surface area contributed by atoms with Crippen LogP contribution >= 0.6 is 27.3 Å². The van der Waals surface area contributed by atoms with Gasteiger partial charge in [0.05, 0.1) is 0 Å². The van der Waals surface area contributed by atoms with E-state index in [1.165, 1.54) is 17.7 Å². The zero-order valence-electron chi connectivity index (χ0n) is 9.88. The van der Waals surface area contributed by atoms with Crippen molar-refractivity contribution >= 4 is 33.0 Å². The summed E-state index contributed by atoms with van der Waals surface area (Å²) >= 11 is 5.08. The van der Waals surface area contributed by atoms with Gasteiger partial charge in [0.2, 0.25) is 0 Å². The molecule has 1 saturated heterocycles. The van der Waals surface area contributed by atoms with Crippen LogP contribution in [0.1, 0.15) is 30.6 Å². The minimum Gasteiger partial charge on any atom is -0.317 e. The summed E-state index contributed by atoms with van der Waals surface area (Å²) in [5.41, 5.74) is 0. The summed E-state index contributed by atoms with van der Waals surface area (Å²) in [4.78, 5) is 13.0. The Morgan fingerprint density at radius 2 is 2.24 bits per heavy atom. The Morgan fingerprint density at radius 3 is 2.88 bits per heavy atom. The van der Waals surface area contributed by atoms with Crippen LogP contribution in [0.2, 0.25) is 0 Å². The fourth-order valence-electron chi connectivity index (χ4n) is 2.26. The van der Waals surface area contributed by atoms with E-state index in [-0.39, 0.29) is 0 Å². The number of thiophene rings is 1. The number of rotatable bonds is 5. The molecular weight excluding hydrogens is 298 g/mol. The van der Waals surface area contributed by atoms with E-state index >= 15 is 0 Å². The van der Waals surface area contributed by atoms with Gasteiger partial charge in [-0.2, -0.15) is 0 Å². The summed E-state index contributed by atoms with van der Waals surface area (Å²) in [6.07, 6.45) is 4.91. The molecule has 1 aliphatic heterocycles. The standard InChI is InChI=1S/C13H18BrNOS/c14-11-7-13(17-9-11)8-12(16)2-1-10-3-5-15-6-4-10/h7,9-10,15H,1-6,8H2. The smallest absolute Gasteiger partial charge is 0.138 e. The molecule has 17 heavy (non-hydrogen) atoms. The molecular formula is C13H18BrNOS. The number of Topliss-reactive ketones (excluding diaryl/α,β-unsaturated/α-hetero) is 1. The van der Waals surface area contributed by atoms with Crippen molar-refractivity contribution in [1.82, 2.24) is 5.32 Å². The van der Waals surface area contributed by atoms with E-state index in [4.69, 9.17) is 0 Å². The highest BCUT2D eigenvalue weighted by Gasteiger charge is 2.14. The average Bonchev–Trinajstić information content (AvgIpc) is 2.73. The van der Waals surface area contributed by atoms with Crippen LogP contribution in [0.3, 0.4) is 0 Å². The highest BCUT2D eigenvalue weighted by atomic mass is 79.9. The van der Waals surface area contributed by atoms with Gasteiger partial charge in [-0.15, -0.1) is 11.3 Å². The topological polar surface area (TPSA) is 29.1 Å². The Morgan fingerprint density at radius 1 is 1.47 bits per heavy atom. The first-order valence-corrected chi connectivity index (χ1v) is 7.86. The summed E-state index contributed by atoms with van der Waals surface area (Å²) in [5, 5.41) is 5.39. The van der Waals surface area contributed by atoms with E-state index in [0.717, 1.165) is 36.3 Å². The normalized spacial score (nSPS) is 17.2. The summed E-state index contributed by atoms with van der Waals surface area (Å²) in [7, 11) is 0. The van der Waals surface area contributed by atoms with Crippen molar-refractivity contribution in [3.05, 3.63) is 20.8 Å². The lowest BCUT2D eigenvalue weighted by molar-refractivity contribution is -0.118. The Bertz CT molecular complexity index is 371. The molecule has 2 nitrogen and oxygen atoms in total. The molecule has 1 aromatic heterocycles. The number of carbonyl (C=O) groups is 1. The van der Waals surface area contributed by atoms with Gasteiger partial charge in [-0.25, -0.2) is 0 Å². The molecule has 1 aliphatic rings. The second-order valence-corrected chi connectivity index (χ2v) is 6.59. The first-order chi connectivity index (χ1) is 8.24. The lowest BCUT2D eigenvalue weighted by Gasteiger charge is -2.21. The van der Waals surface area contributed by atoms with E-state index in [1.807, 2.05) is 11.4 Å². The Labute approximate surface area is 115 Å². The largest absolute Gasteiger partial charge is 0.317 e. The summed E-state index contributed by atoms with van der Waals surface area (Å²) in [6, 6.07) is 2.05. The lowest BCUT2D eigenvalue weighted by atomic mass is 9.92. The van der Waals surface area contributed by atoms with E-state index in [9.17, 15) is 4.79 Å². The van der Waals surface area contributed by atoms with E-state index in [0.29, 0.717) is 12.2 Å². The van der Waals surface area contributed by atoms with Gasteiger partial charge >= 0.3 is 0 Å². The average molecular weight is 316 g/mol. The van der Waals surface area contributed by atoms with Crippen LogP contribution in [0.4, 0.5) is 0 Å². The van der Waals surface area contributed by atoms with Gasteiger partial charge in [-0.3, -0.25) is 4.79 Å². The van der Waals surface area contributed by atoms with Gasteiger partial charge < -0.3 is 5.32 Å². The van der Waals surface area contributed by atoms with Crippen molar-refractivity contribution in [3.63, 3.8) is 0 Å². The molecule has 0 radical (unpaired) electrons. The maximum absolute atomic E-state index is 11.8. The summed E-state index contributed by atoms with van der Waals surface area (Å²) < 4.78 is 1.09. The molecule has 0 aliphatic carbocycles. The molecule has 1 N–H and O–H groups in total. The maximum atomic E-state index is 11.8. The van der Waals surface area contributed by atoms with Gasteiger partial charge in [0.1, 0.15) is 5.78 Å². The van der Waals surface area contributed by atoms with Gasteiger partial charge in [-0.1, -0.05) is 0 Å². The van der Waals surface area contributed by atoms with Crippen molar-refractivity contribution < 1.29 is 4.79 Å². The molecule has 0 unspecified atom stereocenters. The van der Waals surface area contributed by atoms with Crippen molar-refractivity contribution in [2.24, 2.45) is 5.92 Å². The van der Waals surface area contributed by atoms with Crippen LogP contribution in [0.25, 0.3) is 0 Å². The Hall–Kier alpha value is -0.190. The molecule has 2 heterocycles. The number of carbonyl (C=O) groups excluding carboxylic acids is 1. The van der Waals surface area contributed by atoms with Gasteiger partial charge in [0, 0.05) is 27.6 Å². The van der Waals surface area contributed by atoms with Crippen LogP contribution in [0, 0.1) is 5.92 Å². The molecule has 0 saturated carbocycles. The van der Waals surface area contributed by atoms with Crippen LogP contribution in [0.15, 0.2) is 15.9 Å². The molecule has 0 bridgehead atoms. The van der Waals surface area contributed by atoms with E-state index in [2.05, 4.69) is 21.2 Å². The number of piperidine rings is 1. The van der Waals surface area contributed by atoms with Crippen molar-refractivity contribution in [2.75, 3.05) is 13.1 Å². The van der Waals surface area contributed by atoms with Crippen LogP contribution < -0.4 is 5.32 Å². The fourth-order valence-corrected chi connectivity index (χ4v) is 3.74. The second-order valence-electron chi connectivity index (χ2n) is 4.68. The minimum absolute atomic E-state index is 0.387. The Balaban J connectivity index is 1.70. The molecule has 1 aromatic rings. The zero-order chi connectivity index (χ0) is 12.1. The van der Waals surface area contributed by atoms with Crippen molar-refractivity contribution in [2.45, 2.75) is 32.1 Å². The predicted molar refractivity (Wildman–Crippen MR) is 75.6 cm³/mol. The molecule has 0 amide bonds. The molecule has 1 fully saturated rings. The number of hydrogen-bond acceptors (Lipinski definition) is 3. The molecule has 94 valence electrons. The van der Waals surface area contributed by atoms with Crippen molar-refractivity contribution in [3.8, 4) is 0 Å². The van der Waals surface area contributed by atoms with E-state index in [1.54, 1.807) is 11.3 Å². The molecule has 0 atom stereocenters. The number of hydrogen-bond donors (Lipinski definition) is 1. The maximum Gasteiger partial charge on any atom is 0.138 e. The number of nitrogens with one attached hydrogen (secondary N) is 1. The quantitative estimate of drug-likeness (QED) is 0.902. The zero-order valence-corrected chi connectivity index (χ0v) is 12.3. The first kappa shape index (κ1) is 13.2. The third-order valence-electron chi connectivity index (χ3n) is 3.28. The van der Waals surface area contributed by atoms with Gasteiger partial charge in [0.25, 0.3) is 0 Å². The van der Waals surface area contributed by atoms with Crippen LogP contribution in [-0.4, -0.2) is 18.9 Å². The molecule has 4 heteroatoms. The second kappa shape index (κ2) is 6.66. The SMILES string of the molecule is O=C(CCC1CCNCC1)Cc1cc(Br)cs1. The fraction of sp³-hybridized carbons (Fsp3) is 0.615. The predicted octanol–water partition coefficient (Wildman–Crippen LogP) is 3.40. The minimum atomic E-state index is 0.387. The number of halogens is 1. The van der Waals surface area contributed by atoms with E-state index < -0.39 is 0 Å². The van der Waals surface area contributed by atoms with Gasteiger partial charge in [-0.05, 0) is 60.3 Å². The highest BCUT2D eigenvalue weighted by molar-refractivity contribution is 9.10. The monoisotopic (exact) mass is 315 g/mol. The van der Waals surface area contributed by atoms with Crippen molar-refractivity contribution in [1.29, 1.82) is 0 Å². The van der Waals surface area contributed by atoms with Crippen LogP contribution in [-0.2, 0) is 11.2 Å². The first-order valence-electron chi connectivity index (χ1n) is 6.19. The number of ketones is 1. The lowest BCUT2D eigenvalue weighted by Crippen LogP contribution is -2.28. The third-order valence-corrected chi connectivity index (χ3v) is 4.98. The summed E-state index contributed by atoms with van der Waals surface area (Å²) in [6.45, 7) is 2.24. The Kier molecular flexibility index (Phi) is 5.19. The third kappa shape index (κ3) is 4.53. The van der Waals surface area contributed by atoms with Gasteiger partial charge in [0.15, 0.2) is 0 Å². The molecule has 0 aromatic carbocycles. The molecule has 0 spiro atoms.